The molecule has 0 bridgehead atoms. The van der Waals surface area contributed by atoms with Gasteiger partial charge in [-0.2, -0.15) is 0 Å². The summed E-state index contributed by atoms with van der Waals surface area (Å²) in [5.74, 6) is 0.240. The molecule has 1 aromatic carbocycles. The Morgan fingerprint density at radius 2 is 2.03 bits per heavy atom. The van der Waals surface area contributed by atoms with Crippen LogP contribution in [0.4, 0.5) is 5.69 Å². The number of furan rings is 1. The summed E-state index contributed by atoms with van der Waals surface area (Å²) >= 11 is 0. The molecule has 1 amide bonds. The van der Waals surface area contributed by atoms with Gasteiger partial charge in [-0.15, -0.1) is 0 Å². The molecule has 0 aliphatic heterocycles. The Hall–Kier alpha value is -3.88. The fraction of sp³-hybridized carbons (Fsp3) is 0.385. The van der Waals surface area contributed by atoms with Crippen molar-refractivity contribution in [2.75, 3.05) is 5.32 Å². The van der Waals surface area contributed by atoms with E-state index in [9.17, 15) is 14.4 Å². The molecule has 35 heavy (non-hydrogen) atoms. The van der Waals surface area contributed by atoms with Crippen LogP contribution in [0.1, 0.15) is 56.0 Å². The van der Waals surface area contributed by atoms with Crippen LogP contribution in [0.5, 0.6) is 0 Å². The minimum atomic E-state index is -1.01. The Morgan fingerprint density at radius 1 is 1.20 bits per heavy atom. The Morgan fingerprint density at radius 3 is 2.80 bits per heavy atom. The first-order valence-electron chi connectivity index (χ1n) is 12.1. The summed E-state index contributed by atoms with van der Waals surface area (Å²) in [6, 6.07) is 8.47. The van der Waals surface area contributed by atoms with Crippen molar-refractivity contribution in [3.63, 3.8) is 0 Å². The molecule has 9 nitrogen and oxygen atoms in total. The highest BCUT2D eigenvalue weighted by Crippen LogP contribution is 2.25. The van der Waals surface area contributed by atoms with Crippen LogP contribution in [0.25, 0.3) is 11.2 Å². The second-order valence-corrected chi connectivity index (χ2v) is 9.09. The number of nitrogens with one attached hydrogen (secondary N) is 1. The molecule has 3 heterocycles. The van der Waals surface area contributed by atoms with E-state index in [1.54, 1.807) is 23.8 Å². The van der Waals surface area contributed by atoms with Gasteiger partial charge in [-0.05, 0) is 68.0 Å². The molecule has 9 heteroatoms. The van der Waals surface area contributed by atoms with Crippen molar-refractivity contribution in [2.45, 2.75) is 65.1 Å². The molecule has 4 aromatic rings. The molecule has 0 radical (unpaired) electrons. The van der Waals surface area contributed by atoms with Crippen molar-refractivity contribution in [1.82, 2.24) is 18.7 Å². The molecule has 5 rings (SSSR count). The summed E-state index contributed by atoms with van der Waals surface area (Å²) in [7, 11) is 0. The largest absolute Gasteiger partial charge is 0.467 e. The number of unbranched alkanes of at least 4 members (excludes halogenated alkanes) is 1. The van der Waals surface area contributed by atoms with Gasteiger partial charge in [0.05, 0.1) is 19.1 Å². The molecule has 1 aliphatic rings. The number of anilines is 1. The topological polar surface area (TPSA) is 104 Å². The fourth-order valence-electron chi connectivity index (χ4n) is 4.77. The van der Waals surface area contributed by atoms with Gasteiger partial charge in [-0.1, -0.05) is 19.4 Å². The number of fused-ring (bicyclic) bond motifs is 2. The lowest BCUT2D eigenvalue weighted by Crippen LogP contribution is -2.45. The van der Waals surface area contributed by atoms with Gasteiger partial charge in [-0.25, -0.2) is 14.3 Å². The standard InChI is InChI=1S/C26H29N5O4/c1-3-4-12-30-23-22(29(16-27-23)15-21-9-6-13-35-21)25(33)31(26(30)34)17(2)24(32)28-20-11-10-18-7-5-8-19(18)14-20/h6,9-11,13-14,16-17H,3-5,7-8,12,15H2,1-2H3,(H,28,32)/t17-/m1/s1. The van der Waals surface area contributed by atoms with E-state index in [1.807, 2.05) is 31.2 Å². The van der Waals surface area contributed by atoms with Crippen LogP contribution in [0.2, 0.25) is 0 Å². The summed E-state index contributed by atoms with van der Waals surface area (Å²) in [4.78, 5) is 44.7. The van der Waals surface area contributed by atoms with Crippen LogP contribution in [-0.4, -0.2) is 24.6 Å². The number of aromatic nitrogens is 4. The summed E-state index contributed by atoms with van der Waals surface area (Å²) in [5, 5.41) is 2.90. The first-order chi connectivity index (χ1) is 17.0. The van der Waals surface area contributed by atoms with E-state index in [2.05, 4.69) is 10.3 Å². The highest BCUT2D eigenvalue weighted by atomic mass is 16.3. The molecule has 0 saturated heterocycles. The highest BCUT2D eigenvalue weighted by molar-refractivity contribution is 5.93. The van der Waals surface area contributed by atoms with Gasteiger partial charge in [0.25, 0.3) is 5.56 Å². The third-order valence-electron chi connectivity index (χ3n) is 6.71. The molecular weight excluding hydrogens is 446 g/mol. The highest BCUT2D eigenvalue weighted by Gasteiger charge is 2.25. The Kier molecular flexibility index (Phi) is 6.15. The number of amides is 1. The summed E-state index contributed by atoms with van der Waals surface area (Å²) in [6.07, 6.45) is 7.88. The molecule has 0 spiro atoms. The SMILES string of the molecule is CCCCn1c(=O)n([C@H](C)C(=O)Nc2ccc3c(c2)CCC3)c(=O)c2c1ncn2Cc1ccco1. The van der Waals surface area contributed by atoms with Crippen molar-refractivity contribution in [1.29, 1.82) is 0 Å². The van der Waals surface area contributed by atoms with Crippen molar-refractivity contribution >= 4 is 22.8 Å². The Bertz CT molecular complexity index is 1490. The first-order valence-corrected chi connectivity index (χ1v) is 12.1. The average molecular weight is 476 g/mol. The maximum Gasteiger partial charge on any atom is 0.333 e. The molecule has 182 valence electrons. The van der Waals surface area contributed by atoms with Gasteiger partial charge in [-0.3, -0.25) is 14.2 Å². The van der Waals surface area contributed by atoms with E-state index in [1.165, 1.54) is 22.0 Å². The van der Waals surface area contributed by atoms with E-state index in [-0.39, 0.29) is 5.52 Å². The summed E-state index contributed by atoms with van der Waals surface area (Å²) in [5.41, 5.74) is 2.73. The maximum atomic E-state index is 13.6. The molecule has 3 aromatic heterocycles. The minimum absolute atomic E-state index is 0.272. The van der Waals surface area contributed by atoms with Gasteiger partial charge >= 0.3 is 5.69 Å². The zero-order valence-corrected chi connectivity index (χ0v) is 20.0. The third kappa shape index (κ3) is 4.22. The molecular formula is C26H29N5O4. The van der Waals surface area contributed by atoms with Crippen molar-refractivity contribution in [3.8, 4) is 0 Å². The summed E-state index contributed by atoms with van der Waals surface area (Å²) < 4.78 is 9.65. The van der Waals surface area contributed by atoms with Crippen LogP contribution < -0.4 is 16.6 Å². The lowest BCUT2D eigenvalue weighted by Gasteiger charge is -2.18. The number of carbonyl (C=O) groups is 1. The third-order valence-corrected chi connectivity index (χ3v) is 6.71. The van der Waals surface area contributed by atoms with E-state index < -0.39 is 23.2 Å². The summed E-state index contributed by atoms with van der Waals surface area (Å²) in [6.45, 7) is 4.30. The van der Waals surface area contributed by atoms with E-state index in [0.717, 1.165) is 36.7 Å². The smallest absolute Gasteiger partial charge is 0.333 e. The number of hydrogen-bond acceptors (Lipinski definition) is 5. The van der Waals surface area contributed by atoms with E-state index >= 15 is 0 Å². The van der Waals surface area contributed by atoms with Crippen molar-refractivity contribution < 1.29 is 9.21 Å². The molecule has 0 saturated carbocycles. The number of imidazole rings is 1. The number of benzene rings is 1. The van der Waals surface area contributed by atoms with Gasteiger partial charge in [0, 0.05) is 12.2 Å². The first kappa shape index (κ1) is 22.9. The monoisotopic (exact) mass is 475 g/mol. The van der Waals surface area contributed by atoms with Gasteiger partial charge in [0.2, 0.25) is 5.91 Å². The number of aryl methyl sites for hydroxylation is 3. The quantitative estimate of drug-likeness (QED) is 0.420. The zero-order valence-electron chi connectivity index (χ0n) is 20.0. The van der Waals surface area contributed by atoms with Gasteiger partial charge < -0.3 is 14.3 Å². The van der Waals surface area contributed by atoms with Crippen LogP contribution in [-0.2, 0) is 30.7 Å². The Labute approximate surface area is 202 Å². The zero-order chi connectivity index (χ0) is 24.5. The lowest BCUT2D eigenvalue weighted by atomic mass is 10.1. The van der Waals surface area contributed by atoms with Crippen LogP contribution in [0.15, 0.2) is 56.9 Å². The normalized spacial score (nSPS) is 13.8. The second kappa shape index (κ2) is 9.40. The molecule has 1 N–H and O–H groups in total. The van der Waals surface area contributed by atoms with Gasteiger partial charge in [0.15, 0.2) is 11.2 Å². The minimum Gasteiger partial charge on any atom is -0.467 e. The Balaban J connectivity index is 1.55. The lowest BCUT2D eigenvalue weighted by molar-refractivity contribution is -0.119. The number of nitrogens with zero attached hydrogens (tertiary/aromatic N) is 4. The average Bonchev–Trinajstić information content (AvgIpc) is 3.60. The fourth-order valence-corrected chi connectivity index (χ4v) is 4.77. The number of rotatable bonds is 8. The van der Waals surface area contributed by atoms with Crippen molar-refractivity contribution in [3.05, 3.63) is 80.6 Å². The second-order valence-electron chi connectivity index (χ2n) is 9.09. The van der Waals surface area contributed by atoms with Crippen LogP contribution in [0, 0.1) is 0 Å². The van der Waals surface area contributed by atoms with Crippen LogP contribution >= 0.6 is 0 Å². The number of hydrogen-bond donors (Lipinski definition) is 1. The van der Waals surface area contributed by atoms with E-state index in [4.69, 9.17) is 4.42 Å². The molecule has 0 fully saturated rings. The van der Waals surface area contributed by atoms with E-state index in [0.29, 0.717) is 30.2 Å². The number of carbonyl (C=O) groups excluding carboxylic acids is 1. The predicted molar refractivity (Wildman–Crippen MR) is 133 cm³/mol. The maximum absolute atomic E-state index is 13.6. The van der Waals surface area contributed by atoms with Gasteiger partial charge in [0.1, 0.15) is 11.8 Å². The van der Waals surface area contributed by atoms with Crippen molar-refractivity contribution in [2.24, 2.45) is 0 Å². The molecule has 0 unspecified atom stereocenters. The predicted octanol–water partition coefficient (Wildman–Crippen LogP) is 3.49. The molecule has 1 aliphatic carbocycles. The van der Waals surface area contributed by atoms with Crippen LogP contribution in [0.3, 0.4) is 0 Å². The molecule has 1 atom stereocenters.